The van der Waals surface area contributed by atoms with Crippen LogP contribution in [0.4, 0.5) is 10.3 Å². The third-order valence-corrected chi connectivity index (χ3v) is 5.56. The van der Waals surface area contributed by atoms with E-state index in [1.54, 1.807) is 31.1 Å². The number of hydrogen-bond donors (Lipinski definition) is 1. The zero-order valence-electron chi connectivity index (χ0n) is 17.4. The Kier molecular flexibility index (Phi) is 6.08. The van der Waals surface area contributed by atoms with Crippen molar-refractivity contribution < 1.29 is 13.9 Å². The van der Waals surface area contributed by atoms with Gasteiger partial charge in [-0.2, -0.15) is 0 Å². The Hall–Kier alpha value is -3.13. The summed E-state index contributed by atoms with van der Waals surface area (Å²) in [6, 6.07) is 5.33. The summed E-state index contributed by atoms with van der Waals surface area (Å²) in [5, 5.41) is 3.62. The van der Waals surface area contributed by atoms with Gasteiger partial charge in [-0.25, -0.2) is 9.37 Å². The number of aromatic nitrogens is 3. The molecule has 0 saturated heterocycles. The summed E-state index contributed by atoms with van der Waals surface area (Å²) in [5.41, 5.74) is 2.92. The summed E-state index contributed by atoms with van der Waals surface area (Å²) in [7, 11) is 1.81. The van der Waals surface area contributed by atoms with Gasteiger partial charge in [-0.15, -0.1) is 0 Å². The van der Waals surface area contributed by atoms with Crippen molar-refractivity contribution in [3.05, 3.63) is 70.0 Å². The number of amides is 1. The van der Waals surface area contributed by atoms with Crippen molar-refractivity contribution >= 4 is 23.5 Å². The number of pyridine rings is 1. The van der Waals surface area contributed by atoms with Gasteiger partial charge in [0.1, 0.15) is 0 Å². The first-order valence-electron chi connectivity index (χ1n) is 10.1. The fourth-order valence-electron chi connectivity index (χ4n) is 3.77. The van der Waals surface area contributed by atoms with Gasteiger partial charge in [0, 0.05) is 42.6 Å². The van der Waals surface area contributed by atoms with Gasteiger partial charge < -0.3 is 19.5 Å². The second kappa shape index (κ2) is 8.93. The van der Waals surface area contributed by atoms with Crippen molar-refractivity contribution in [2.75, 3.05) is 25.5 Å². The molecule has 9 heteroatoms. The molecule has 0 atom stereocenters. The van der Waals surface area contributed by atoms with Crippen molar-refractivity contribution in [2.24, 2.45) is 0 Å². The van der Waals surface area contributed by atoms with Crippen LogP contribution in [0.3, 0.4) is 0 Å². The Balaban J connectivity index is 1.58. The lowest BCUT2D eigenvalue weighted by Crippen LogP contribution is -2.37. The highest BCUT2D eigenvalue weighted by molar-refractivity contribution is 6.32. The largest absolute Gasteiger partial charge is 0.491 e. The number of imidazole rings is 1. The molecule has 0 unspecified atom stereocenters. The van der Waals surface area contributed by atoms with Crippen LogP contribution in [0.1, 0.15) is 34.1 Å². The van der Waals surface area contributed by atoms with Crippen LogP contribution in [0.5, 0.6) is 5.75 Å². The standard InChI is InChI=1S/C22H23ClFN5O2/c1-3-31-20-10-15(27-11-19(20)24)13-28-6-4-16-17(21(28)30)8-14(9-18(16)23)12-29-7-5-26-22(29)25-2/h5,7-11H,3-4,6,12-13H2,1-2H3,(H,25,26). The highest BCUT2D eigenvalue weighted by atomic mass is 35.5. The van der Waals surface area contributed by atoms with Gasteiger partial charge in [0.15, 0.2) is 11.6 Å². The molecule has 4 rings (SSSR count). The molecule has 1 N–H and O–H groups in total. The van der Waals surface area contributed by atoms with E-state index in [0.717, 1.165) is 23.3 Å². The lowest BCUT2D eigenvalue weighted by atomic mass is 9.96. The maximum absolute atomic E-state index is 13.8. The van der Waals surface area contributed by atoms with Crippen molar-refractivity contribution in [2.45, 2.75) is 26.4 Å². The van der Waals surface area contributed by atoms with Crippen LogP contribution >= 0.6 is 11.6 Å². The Morgan fingerprint density at radius 2 is 2.10 bits per heavy atom. The fourth-order valence-corrected chi connectivity index (χ4v) is 4.11. The predicted octanol–water partition coefficient (Wildman–Crippen LogP) is 3.76. The summed E-state index contributed by atoms with van der Waals surface area (Å²) in [6.07, 6.45) is 5.35. The average Bonchev–Trinajstić information content (AvgIpc) is 3.20. The second-order valence-corrected chi connectivity index (χ2v) is 7.66. The SMILES string of the molecule is CCOc1cc(CN2CCc3c(Cl)cc(Cn4ccnc4NC)cc3C2=O)ncc1F. The van der Waals surface area contributed by atoms with Crippen LogP contribution in [0.25, 0.3) is 0 Å². The van der Waals surface area contributed by atoms with Gasteiger partial charge in [-0.05, 0) is 36.6 Å². The smallest absolute Gasteiger partial charge is 0.254 e. The summed E-state index contributed by atoms with van der Waals surface area (Å²) >= 11 is 6.53. The van der Waals surface area contributed by atoms with Crippen molar-refractivity contribution in [1.29, 1.82) is 0 Å². The Morgan fingerprint density at radius 3 is 2.87 bits per heavy atom. The first-order valence-corrected chi connectivity index (χ1v) is 10.4. The molecule has 2 aromatic heterocycles. The van der Waals surface area contributed by atoms with Gasteiger partial charge in [0.05, 0.1) is 31.6 Å². The predicted molar refractivity (Wildman–Crippen MR) is 116 cm³/mol. The van der Waals surface area contributed by atoms with Crippen LogP contribution in [0, 0.1) is 5.82 Å². The molecule has 1 aliphatic rings. The van der Waals surface area contributed by atoms with Crippen molar-refractivity contribution in [1.82, 2.24) is 19.4 Å². The molecule has 1 aromatic carbocycles. The molecule has 0 bridgehead atoms. The van der Waals surface area contributed by atoms with Crippen LogP contribution in [0.15, 0.2) is 36.8 Å². The monoisotopic (exact) mass is 443 g/mol. The first-order chi connectivity index (χ1) is 15.0. The van der Waals surface area contributed by atoms with Gasteiger partial charge in [0.25, 0.3) is 5.91 Å². The van der Waals surface area contributed by atoms with Gasteiger partial charge in [0.2, 0.25) is 5.95 Å². The van der Waals surface area contributed by atoms with E-state index in [9.17, 15) is 9.18 Å². The molecule has 0 saturated carbocycles. The van der Waals surface area contributed by atoms with E-state index in [2.05, 4.69) is 15.3 Å². The first kappa shape index (κ1) is 21.1. The highest BCUT2D eigenvalue weighted by Crippen LogP contribution is 2.29. The van der Waals surface area contributed by atoms with E-state index in [-0.39, 0.29) is 18.2 Å². The number of rotatable bonds is 7. The minimum absolute atomic E-state index is 0.117. The molecule has 162 valence electrons. The lowest BCUT2D eigenvalue weighted by molar-refractivity contribution is 0.0724. The Bertz CT molecular complexity index is 1120. The van der Waals surface area contributed by atoms with E-state index < -0.39 is 5.82 Å². The minimum Gasteiger partial charge on any atom is -0.491 e. The van der Waals surface area contributed by atoms with E-state index in [0.29, 0.717) is 42.4 Å². The number of carbonyl (C=O) groups excluding carboxylic acids is 1. The zero-order valence-corrected chi connectivity index (χ0v) is 18.1. The maximum Gasteiger partial charge on any atom is 0.254 e. The molecular weight excluding hydrogens is 421 g/mol. The molecule has 1 amide bonds. The van der Waals surface area contributed by atoms with Gasteiger partial charge in [-0.1, -0.05) is 11.6 Å². The normalized spacial score (nSPS) is 13.3. The van der Waals surface area contributed by atoms with E-state index in [4.69, 9.17) is 16.3 Å². The number of anilines is 1. The van der Waals surface area contributed by atoms with Crippen LogP contribution < -0.4 is 10.1 Å². The van der Waals surface area contributed by atoms with E-state index in [1.807, 2.05) is 22.9 Å². The highest BCUT2D eigenvalue weighted by Gasteiger charge is 2.27. The third-order valence-electron chi connectivity index (χ3n) is 5.23. The Morgan fingerprint density at radius 1 is 1.26 bits per heavy atom. The fraction of sp³-hybridized carbons (Fsp3) is 0.318. The van der Waals surface area contributed by atoms with Crippen LogP contribution in [-0.2, 0) is 19.5 Å². The second-order valence-electron chi connectivity index (χ2n) is 7.25. The molecular formula is C22H23ClFN5O2. The van der Waals surface area contributed by atoms with Crippen molar-refractivity contribution in [3.8, 4) is 5.75 Å². The number of nitrogens with one attached hydrogen (secondary N) is 1. The Labute approximate surface area is 184 Å². The zero-order chi connectivity index (χ0) is 22.0. The summed E-state index contributed by atoms with van der Waals surface area (Å²) in [6.45, 7) is 3.46. The average molecular weight is 444 g/mol. The van der Waals surface area contributed by atoms with Gasteiger partial charge in [-0.3, -0.25) is 9.78 Å². The number of ether oxygens (including phenoxy) is 1. The van der Waals surface area contributed by atoms with Crippen LogP contribution in [-0.4, -0.2) is 45.5 Å². The minimum atomic E-state index is -0.516. The molecule has 7 nitrogen and oxygen atoms in total. The summed E-state index contributed by atoms with van der Waals surface area (Å²) in [4.78, 5) is 23.3. The maximum atomic E-state index is 13.8. The number of hydrogen-bond acceptors (Lipinski definition) is 5. The summed E-state index contributed by atoms with van der Waals surface area (Å²) in [5.74, 6) is 0.240. The van der Waals surface area contributed by atoms with Crippen molar-refractivity contribution in [3.63, 3.8) is 0 Å². The molecule has 0 radical (unpaired) electrons. The van der Waals surface area contributed by atoms with E-state index in [1.165, 1.54) is 0 Å². The topological polar surface area (TPSA) is 72.3 Å². The molecule has 3 heterocycles. The quantitative estimate of drug-likeness (QED) is 0.602. The molecule has 31 heavy (non-hydrogen) atoms. The number of carbonyl (C=O) groups is 1. The third kappa shape index (κ3) is 4.34. The number of nitrogens with zero attached hydrogens (tertiary/aromatic N) is 4. The van der Waals surface area contributed by atoms with Crippen LogP contribution in [0.2, 0.25) is 5.02 Å². The molecule has 0 fully saturated rings. The van der Waals surface area contributed by atoms with Gasteiger partial charge >= 0.3 is 0 Å². The number of fused-ring (bicyclic) bond motifs is 1. The molecule has 1 aliphatic heterocycles. The molecule has 3 aromatic rings. The number of halogens is 2. The lowest BCUT2D eigenvalue weighted by Gasteiger charge is -2.29. The summed E-state index contributed by atoms with van der Waals surface area (Å²) < 4.78 is 21.1. The molecule has 0 spiro atoms. The van der Waals surface area contributed by atoms with E-state index >= 15 is 0 Å². The molecule has 0 aliphatic carbocycles. The number of benzene rings is 1.